The number of rotatable bonds is 3. The first kappa shape index (κ1) is 15.1. The molecule has 0 aliphatic heterocycles. The summed E-state index contributed by atoms with van der Waals surface area (Å²) in [5, 5.41) is 3.37. The molecule has 0 radical (unpaired) electrons. The van der Waals surface area contributed by atoms with Crippen LogP contribution in [-0.4, -0.2) is 10.5 Å². The average molecular weight is 304 g/mol. The topological polar surface area (TPSA) is 38.1 Å². The standard InChI is InChI=1S/C13H15F3N2OS/c1-12(2,3)17-6-9-10(13(14,15)16)18-11(20-9)8-4-5-19-7-8/h4-5,7,17H,6H2,1-3H3. The quantitative estimate of drug-likeness (QED) is 0.918. The van der Waals surface area contributed by atoms with Crippen LogP contribution in [0.15, 0.2) is 23.0 Å². The van der Waals surface area contributed by atoms with Gasteiger partial charge in [0.25, 0.3) is 0 Å². The highest BCUT2D eigenvalue weighted by atomic mass is 32.1. The Morgan fingerprint density at radius 1 is 1.30 bits per heavy atom. The zero-order valence-electron chi connectivity index (χ0n) is 11.3. The molecule has 1 N–H and O–H groups in total. The highest BCUT2D eigenvalue weighted by molar-refractivity contribution is 7.15. The van der Waals surface area contributed by atoms with Crippen LogP contribution in [0.4, 0.5) is 13.2 Å². The molecule has 110 valence electrons. The molecule has 0 bridgehead atoms. The Bertz CT molecular complexity index is 567. The Hall–Kier alpha value is -1.34. The van der Waals surface area contributed by atoms with Crippen LogP contribution in [0.5, 0.6) is 0 Å². The van der Waals surface area contributed by atoms with Crippen molar-refractivity contribution in [3.8, 4) is 10.6 Å². The second kappa shape index (κ2) is 5.21. The van der Waals surface area contributed by atoms with Gasteiger partial charge < -0.3 is 9.73 Å². The molecule has 0 saturated carbocycles. The fourth-order valence-corrected chi connectivity index (χ4v) is 2.55. The first-order chi connectivity index (χ1) is 9.17. The third kappa shape index (κ3) is 3.61. The molecule has 20 heavy (non-hydrogen) atoms. The summed E-state index contributed by atoms with van der Waals surface area (Å²) < 4.78 is 43.9. The number of halogens is 3. The molecule has 0 atom stereocenters. The van der Waals surface area contributed by atoms with E-state index in [4.69, 9.17) is 4.42 Å². The Kier molecular flexibility index (Phi) is 3.93. The summed E-state index contributed by atoms with van der Waals surface area (Å²) in [5.74, 6) is 0. The number of aromatic nitrogens is 1. The van der Waals surface area contributed by atoms with Crippen LogP contribution in [-0.2, 0) is 12.7 Å². The number of thiazole rings is 1. The molecule has 7 heteroatoms. The summed E-state index contributed by atoms with van der Waals surface area (Å²) in [6.07, 6.45) is -1.65. The molecule has 0 unspecified atom stereocenters. The van der Waals surface area contributed by atoms with Gasteiger partial charge in [0.15, 0.2) is 5.69 Å². The first-order valence-electron chi connectivity index (χ1n) is 6.01. The Morgan fingerprint density at radius 2 is 2.00 bits per heavy atom. The highest BCUT2D eigenvalue weighted by Crippen LogP contribution is 2.37. The maximum Gasteiger partial charge on any atom is 0.434 e. The maximum absolute atomic E-state index is 13.0. The van der Waals surface area contributed by atoms with Gasteiger partial charge in [-0.2, -0.15) is 13.2 Å². The predicted octanol–water partition coefficient (Wildman–Crippen LogP) is 4.31. The number of hydrogen-bond acceptors (Lipinski definition) is 4. The predicted molar refractivity (Wildman–Crippen MR) is 71.4 cm³/mol. The van der Waals surface area contributed by atoms with E-state index in [1.807, 2.05) is 20.8 Å². The van der Waals surface area contributed by atoms with Gasteiger partial charge in [0.2, 0.25) is 0 Å². The lowest BCUT2D eigenvalue weighted by Gasteiger charge is -2.20. The van der Waals surface area contributed by atoms with Crippen LogP contribution in [0.2, 0.25) is 0 Å². The van der Waals surface area contributed by atoms with Crippen LogP contribution in [0, 0.1) is 0 Å². The monoisotopic (exact) mass is 304 g/mol. The molecule has 0 fully saturated rings. The summed E-state index contributed by atoms with van der Waals surface area (Å²) in [7, 11) is 0. The third-order valence-corrected chi connectivity index (χ3v) is 3.62. The molecule has 0 aliphatic rings. The van der Waals surface area contributed by atoms with Crippen molar-refractivity contribution in [3.63, 3.8) is 0 Å². The molecular weight excluding hydrogens is 289 g/mol. The SMILES string of the molecule is CC(C)(C)NCc1sc(-c2ccoc2)nc1C(F)(F)F. The van der Waals surface area contributed by atoms with Crippen molar-refractivity contribution in [1.29, 1.82) is 0 Å². The fourth-order valence-electron chi connectivity index (χ4n) is 1.55. The van der Waals surface area contributed by atoms with E-state index in [0.29, 0.717) is 10.6 Å². The minimum absolute atomic E-state index is 0.133. The van der Waals surface area contributed by atoms with E-state index in [1.54, 1.807) is 6.07 Å². The minimum Gasteiger partial charge on any atom is -0.472 e. The van der Waals surface area contributed by atoms with Crippen molar-refractivity contribution in [2.45, 2.75) is 39.0 Å². The van der Waals surface area contributed by atoms with Gasteiger partial charge in [-0.1, -0.05) is 0 Å². The minimum atomic E-state index is -4.45. The molecule has 0 aromatic carbocycles. The lowest BCUT2D eigenvalue weighted by atomic mass is 10.1. The van der Waals surface area contributed by atoms with Crippen molar-refractivity contribution in [3.05, 3.63) is 29.2 Å². The van der Waals surface area contributed by atoms with E-state index in [0.717, 1.165) is 11.3 Å². The van der Waals surface area contributed by atoms with Gasteiger partial charge in [-0.05, 0) is 26.8 Å². The van der Waals surface area contributed by atoms with E-state index >= 15 is 0 Å². The zero-order chi connectivity index (χ0) is 15.0. The number of nitrogens with one attached hydrogen (secondary N) is 1. The van der Waals surface area contributed by atoms with Crippen LogP contribution in [0.1, 0.15) is 31.3 Å². The smallest absolute Gasteiger partial charge is 0.434 e. The second-order valence-corrected chi connectivity index (χ2v) is 6.49. The molecule has 2 aromatic rings. The fraction of sp³-hybridized carbons (Fsp3) is 0.462. The molecule has 0 amide bonds. The number of furan rings is 1. The number of hydrogen-bond donors (Lipinski definition) is 1. The van der Waals surface area contributed by atoms with Gasteiger partial charge >= 0.3 is 6.18 Å². The van der Waals surface area contributed by atoms with Crippen LogP contribution >= 0.6 is 11.3 Å². The number of nitrogens with zero attached hydrogens (tertiary/aromatic N) is 1. The number of alkyl halides is 3. The Morgan fingerprint density at radius 3 is 2.50 bits per heavy atom. The van der Waals surface area contributed by atoms with E-state index in [2.05, 4.69) is 10.3 Å². The molecule has 0 saturated heterocycles. The summed E-state index contributed by atoms with van der Waals surface area (Å²) in [6.45, 7) is 5.84. The molecule has 2 heterocycles. The normalized spacial score (nSPS) is 12.9. The van der Waals surface area contributed by atoms with Crippen LogP contribution < -0.4 is 5.32 Å². The molecular formula is C13H15F3N2OS. The largest absolute Gasteiger partial charge is 0.472 e. The van der Waals surface area contributed by atoms with Gasteiger partial charge in [-0.25, -0.2) is 4.98 Å². The van der Waals surface area contributed by atoms with Crippen molar-refractivity contribution in [2.75, 3.05) is 0 Å². The first-order valence-corrected chi connectivity index (χ1v) is 6.83. The third-order valence-electron chi connectivity index (χ3n) is 2.51. The summed E-state index contributed by atoms with van der Waals surface area (Å²) in [5.41, 5.74) is -0.527. The van der Waals surface area contributed by atoms with Gasteiger partial charge in [0.05, 0.1) is 11.1 Å². The summed E-state index contributed by atoms with van der Waals surface area (Å²) in [6, 6.07) is 1.60. The molecule has 2 aromatic heterocycles. The van der Waals surface area contributed by atoms with Gasteiger partial charge in [0.1, 0.15) is 11.3 Å². The van der Waals surface area contributed by atoms with E-state index in [1.165, 1.54) is 12.5 Å². The summed E-state index contributed by atoms with van der Waals surface area (Å²) >= 11 is 1.03. The zero-order valence-corrected chi connectivity index (χ0v) is 12.2. The van der Waals surface area contributed by atoms with E-state index in [-0.39, 0.29) is 17.0 Å². The average Bonchev–Trinajstić information content (AvgIpc) is 2.93. The lowest BCUT2D eigenvalue weighted by Crippen LogP contribution is -2.35. The van der Waals surface area contributed by atoms with Crippen LogP contribution in [0.25, 0.3) is 10.6 Å². The summed E-state index contributed by atoms with van der Waals surface area (Å²) in [4.78, 5) is 3.90. The second-order valence-electron chi connectivity index (χ2n) is 5.40. The van der Waals surface area contributed by atoms with Crippen molar-refractivity contribution < 1.29 is 17.6 Å². The molecule has 3 nitrogen and oxygen atoms in total. The van der Waals surface area contributed by atoms with E-state index < -0.39 is 11.9 Å². The Balaban J connectivity index is 2.34. The van der Waals surface area contributed by atoms with Gasteiger partial charge in [0, 0.05) is 17.6 Å². The highest BCUT2D eigenvalue weighted by Gasteiger charge is 2.37. The van der Waals surface area contributed by atoms with Crippen molar-refractivity contribution in [2.24, 2.45) is 0 Å². The van der Waals surface area contributed by atoms with Crippen molar-refractivity contribution >= 4 is 11.3 Å². The molecule has 2 rings (SSSR count). The van der Waals surface area contributed by atoms with Gasteiger partial charge in [-0.15, -0.1) is 11.3 Å². The Labute approximate surface area is 118 Å². The van der Waals surface area contributed by atoms with Crippen LogP contribution in [0.3, 0.4) is 0 Å². The van der Waals surface area contributed by atoms with Crippen molar-refractivity contribution in [1.82, 2.24) is 10.3 Å². The molecule has 0 spiro atoms. The van der Waals surface area contributed by atoms with Gasteiger partial charge in [-0.3, -0.25) is 0 Å². The van der Waals surface area contributed by atoms with E-state index in [9.17, 15) is 13.2 Å². The maximum atomic E-state index is 13.0. The lowest BCUT2D eigenvalue weighted by molar-refractivity contribution is -0.141. The molecule has 0 aliphatic carbocycles.